The summed E-state index contributed by atoms with van der Waals surface area (Å²) < 4.78 is 0. The number of carbonyl (C=O) groups is 2. The summed E-state index contributed by atoms with van der Waals surface area (Å²) in [7, 11) is 0. The van der Waals surface area contributed by atoms with Crippen LogP contribution in [0.2, 0.25) is 0 Å². The van der Waals surface area contributed by atoms with Gasteiger partial charge >= 0.3 is 11.8 Å². The van der Waals surface area contributed by atoms with Crippen LogP contribution in [0.25, 0.3) is 0 Å². The Balaban J connectivity index is 1.65. The topological polar surface area (TPSA) is 74.3 Å². The van der Waals surface area contributed by atoms with Gasteiger partial charge in [0.05, 0.1) is 0 Å². The first-order chi connectivity index (χ1) is 8.75. The van der Waals surface area contributed by atoms with E-state index in [0.29, 0.717) is 11.7 Å². The van der Waals surface area contributed by atoms with Crippen molar-refractivity contribution in [2.75, 3.05) is 31.5 Å². The minimum atomic E-state index is -0.661. The lowest BCUT2D eigenvalue weighted by atomic mass is 10.4. The van der Waals surface area contributed by atoms with Crippen LogP contribution in [0.4, 0.5) is 5.13 Å². The molecule has 7 heteroatoms. The zero-order valence-electron chi connectivity index (χ0n) is 10.0. The van der Waals surface area contributed by atoms with Crippen molar-refractivity contribution in [3.05, 3.63) is 11.6 Å². The molecule has 1 fully saturated rings. The van der Waals surface area contributed by atoms with E-state index in [0.717, 1.165) is 19.6 Å². The lowest BCUT2D eigenvalue weighted by Crippen LogP contribution is -2.39. The number of aromatic nitrogens is 1. The quantitative estimate of drug-likeness (QED) is 0.770. The van der Waals surface area contributed by atoms with Crippen LogP contribution in [-0.4, -0.2) is 47.9 Å². The Kier molecular flexibility index (Phi) is 4.66. The molecule has 0 unspecified atom stereocenters. The first-order valence-electron chi connectivity index (χ1n) is 5.97. The molecule has 0 bridgehead atoms. The van der Waals surface area contributed by atoms with E-state index in [1.165, 1.54) is 24.2 Å². The van der Waals surface area contributed by atoms with Crippen molar-refractivity contribution in [3.63, 3.8) is 0 Å². The molecule has 1 aromatic rings. The summed E-state index contributed by atoms with van der Waals surface area (Å²) in [6.07, 6.45) is 4.02. The smallest absolute Gasteiger partial charge is 0.315 e. The van der Waals surface area contributed by atoms with Crippen LogP contribution in [0.5, 0.6) is 0 Å². The highest BCUT2D eigenvalue weighted by atomic mass is 32.1. The Labute approximate surface area is 109 Å². The van der Waals surface area contributed by atoms with Crippen molar-refractivity contribution in [1.29, 1.82) is 0 Å². The van der Waals surface area contributed by atoms with Gasteiger partial charge in [-0.3, -0.25) is 14.9 Å². The van der Waals surface area contributed by atoms with Crippen LogP contribution in [0.3, 0.4) is 0 Å². The molecule has 0 saturated carbocycles. The standard InChI is InChI=1S/C11H16N4O2S/c16-9(10(17)14-11-13-4-8-18-11)12-3-7-15-5-1-2-6-15/h4,8H,1-3,5-7H2,(H,12,16)(H,13,14,17). The normalized spacial score (nSPS) is 15.6. The van der Waals surface area contributed by atoms with E-state index in [2.05, 4.69) is 20.5 Å². The molecule has 1 aromatic heterocycles. The van der Waals surface area contributed by atoms with Gasteiger partial charge in [0.25, 0.3) is 0 Å². The Hall–Kier alpha value is -1.47. The minimum Gasteiger partial charge on any atom is -0.347 e. The van der Waals surface area contributed by atoms with Crippen LogP contribution in [-0.2, 0) is 9.59 Å². The van der Waals surface area contributed by atoms with E-state index in [1.54, 1.807) is 11.6 Å². The molecule has 0 spiro atoms. The number of amides is 2. The van der Waals surface area contributed by atoms with E-state index < -0.39 is 11.8 Å². The molecule has 1 aliphatic rings. The fraction of sp³-hybridized carbons (Fsp3) is 0.545. The number of carbonyl (C=O) groups excluding carboxylic acids is 2. The number of nitrogens with zero attached hydrogens (tertiary/aromatic N) is 2. The molecule has 98 valence electrons. The maximum absolute atomic E-state index is 11.5. The fourth-order valence-corrected chi connectivity index (χ4v) is 2.38. The maximum atomic E-state index is 11.5. The molecular weight excluding hydrogens is 252 g/mol. The van der Waals surface area contributed by atoms with E-state index in [4.69, 9.17) is 0 Å². The zero-order chi connectivity index (χ0) is 12.8. The summed E-state index contributed by atoms with van der Waals surface area (Å²) in [6, 6.07) is 0. The maximum Gasteiger partial charge on any atom is 0.315 e. The summed E-state index contributed by atoms with van der Waals surface area (Å²) in [4.78, 5) is 29.1. The second-order valence-corrected chi connectivity index (χ2v) is 4.99. The third kappa shape index (κ3) is 3.78. The van der Waals surface area contributed by atoms with E-state index in [-0.39, 0.29) is 0 Å². The van der Waals surface area contributed by atoms with E-state index in [1.807, 2.05) is 0 Å². The molecule has 0 aliphatic carbocycles. The number of anilines is 1. The number of hydrogen-bond acceptors (Lipinski definition) is 5. The van der Waals surface area contributed by atoms with Crippen molar-refractivity contribution in [1.82, 2.24) is 15.2 Å². The predicted molar refractivity (Wildman–Crippen MR) is 69.4 cm³/mol. The van der Waals surface area contributed by atoms with E-state index >= 15 is 0 Å². The van der Waals surface area contributed by atoms with Gasteiger partial charge in [0.1, 0.15) is 0 Å². The summed E-state index contributed by atoms with van der Waals surface area (Å²) in [5, 5.41) is 7.23. The fourth-order valence-electron chi connectivity index (χ4n) is 1.85. The van der Waals surface area contributed by atoms with Crippen molar-refractivity contribution in [3.8, 4) is 0 Å². The number of likely N-dealkylation sites (tertiary alicyclic amines) is 1. The first-order valence-corrected chi connectivity index (χ1v) is 6.85. The molecule has 2 rings (SSSR count). The van der Waals surface area contributed by atoms with Gasteiger partial charge in [0.15, 0.2) is 5.13 Å². The van der Waals surface area contributed by atoms with Gasteiger partial charge in [-0.1, -0.05) is 0 Å². The number of rotatable bonds is 4. The SMILES string of the molecule is O=C(NCCN1CCCC1)C(=O)Nc1nccs1. The molecule has 2 heterocycles. The summed E-state index contributed by atoms with van der Waals surface area (Å²) in [5.74, 6) is -1.27. The van der Waals surface area contributed by atoms with E-state index in [9.17, 15) is 9.59 Å². The molecule has 0 radical (unpaired) electrons. The third-order valence-corrected chi connectivity index (χ3v) is 3.46. The lowest BCUT2D eigenvalue weighted by molar-refractivity contribution is -0.136. The average Bonchev–Trinajstić information content (AvgIpc) is 3.01. The molecule has 0 aromatic carbocycles. The highest BCUT2D eigenvalue weighted by molar-refractivity contribution is 7.13. The lowest BCUT2D eigenvalue weighted by Gasteiger charge is -2.14. The molecule has 6 nitrogen and oxygen atoms in total. The Morgan fingerprint density at radius 2 is 2.11 bits per heavy atom. The van der Waals surface area contributed by atoms with Gasteiger partial charge < -0.3 is 10.2 Å². The van der Waals surface area contributed by atoms with Gasteiger partial charge in [-0.15, -0.1) is 11.3 Å². The van der Waals surface area contributed by atoms with Crippen molar-refractivity contribution < 1.29 is 9.59 Å². The number of nitrogens with one attached hydrogen (secondary N) is 2. The van der Waals surface area contributed by atoms with Crippen LogP contribution in [0.1, 0.15) is 12.8 Å². The van der Waals surface area contributed by atoms with Crippen LogP contribution < -0.4 is 10.6 Å². The average molecular weight is 268 g/mol. The van der Waals surface area contributed by atoms with Crippen LogP contribution in [0, 0.1) is 0 Å². The second kappa shape index (κ2) is 6.46. The van der Waals surface area contributed by atoms with Gasteiger partial charge in [0, 0.05) is 24.7 Å². The molecular formula is C11H16N4O2S. The van der Waals surface area contributed by atoms with Crippen LogP contribution in [0.15, 0.2) is 11.6 Å². The van der Waals surface area contributed by atoms with Crippen molar-refractivity contribution in [2.45, 2.75) is 12.8 Å². The molecule has 0 atom stereocenters. The molecule has 1 saturated heterocycles. The molecule has 2 amide bonds. The highest BCUT2D eigenvalue weighted by Crippen LogP contribution is 2.09. The summed E-state index contributed by atoms with van der Waals surface area (Å²) >= 11 is 1.28. The Morgan fingerprint density at radius 1 is 1.33 bits per heavy atom. The predicted octanol–water partition coefficient (Wildman–Crippen LogP) is 0.294. The molecule has 2 N–H and O–H groups in total. The van der Waals surface area contributed by atoms with Crippen molar-refractivity contribution in [2.24, 2.45) is 0 Å². The van der Waals surface area contributed by atoms with Gasteiger partial charge in [-0.05, 0) is 25.9 Å². The molecule has 1 aliphatic heterocycles. The summed E-state index contributed by atoms with van der Waals surface area (Å²) in [6.45, 7) is 3.47. The Bertz CT molecular complexity index is 401. The number of thiazole rings is 1. The van der Waals surface area contributed by atoms with Gasteiger partial charge in [0.2, 0.25) is 0 Å². The zero-order valence-corrected chi connectivity index (χ0v) is 10.8. The Morgan fingerprint density at radius 3 is 2.78 bits per heavy atom. The largest absolute Gasteiger partial charge is 0.347 e. The summed E-state index contributed by atoms with van der Waals surface area (Å²) in [5.41, 5.74) is 0. The highest BCUT2D eigenvalue weighted by Gasteiger charge is 2.15. The third-order valence-electron chi connectivity index (χ3n) is 2.77. The van der Waals surface area contributed by atoms with Gasteiger partial charge in [-0.2, -0.15) is 0 Å². The van der Waals surface area contributed by atoms with Crippen LogP contribution >= 0.6 is 11.3 Å². The monoisotopic (exact) mass is 268 g/mol. The second-order valence-electron chi connectivity index (χ2n) is 4.10. The minimum absolute atomic E-state index is 0.440. The first kappa shape index (κ1) is 13.0. The number of hydrogen-bond donors (Lipinski definition) is 2. The van der Waals surface area contributed by atoms with Crippen molar-refractivity contribution >= 4 is 28.3 Å². The van der Waals surface area contributed by atoms with Gasteiger partial charge in [-0.25, -0.2) is 4.98 Å². The molecule has 18 heavy (non-hydrogen) atoms.